The fourth-order valence-electron chi connectivity index (χ4n) is 3.43. The van der Waals surface area contributed by atoms with Gasteiger partial charge in [-0.25, -0.2) is 8.78 Å². The molecule has 1 fully saturated rings. The first-order valence-corrected chi connectivity index (χ1v) is 8.23. The standard InChI is InChI=1S/C19H19F2NO3/c20-19(21)9-8-13(11-19)18(25)22-16(10-17(23)24)15-7-3-5-12-4-1-2-6-14(12)15/h1-7,13,16H,8-11H2,(H,22,25)(H,23,24)/t13?,16-/m1/s1. The molecule has 1 aliphatic carbocycles. The van der Waals surface area contributed by atoms with Crippen molar-refractivity contribution in [3.63, 3.8) is 0 Å². The number of rotatable bonds is 5. The second-order valence-electron chi connectivity index (χ2n) is 6.52. The lowest BCUT2D eigenvalue weighted by Gasteiger charge is -2.21. The Morgan fingerprint density at radius 2 is 1.92 bits per heavy atom. The highest BCUT2D eigenvalue weighted by molar-refractivity contribution is 5.88. The summed E-state index contributed by atoms with van der Waals surface area (Å²) in [7, 11) is 0. The number of carboxylic acids is 1. The number of amides is 1. The molecule has 132 valence electrons. The molecule has 0 spiro atoms. The number of halogens is 2. The molecule has 1 amide bonds. The molecule has 1 aliphatic rings. The van der Waals surface area contributed by atoms with Crippen molar-refractivity contribution in [2.45, 2.75) is 37.6 Å². The number of fused-ring (bicyclic) bond motifs is 1. The van der Waals surface area contributed by atoms with Crippen LogP contribution in [-0.2, 0) is 9.59 Å². The van der Waals surface area contributed by atoms with Crippen LogP contribution in [0, 0.1) is 5.92 Å². The summed E-state index contributed by atoms with van der Waals surface area (Å²) < 4.78 is 26.7. The van der Waals surface area contributed by atoms with E-state index in [1.807, 2.05) is 30.3 Å². The summed E-state index contributed by atoms with van der Waals surface area (Å²) in [4.78, 5) is 23.7. The quantitative estimate of drug-likeness (QED) is 0.862. The summed E-state index contributed by atoms with van der Waals surface area (Å²) in [5.74, 6) is -5.16. The van der Waals surface area contributed by atoms with Gasteiger partial charge in [0.2, 0.25) is 11.8 Å². The van der Waals surface area contributed by atoms with Crippen LogP contribution >= 0.6 is 0 Å². The number of carbonyl (C=O) groups is 2. The van der Waals surface area contributed by atoms with Gasteiger partial charge in [0, 0.05) is 18.8 Å². The molecule has 1 saturated carbocycles. The molecular weight excluding hydrogens is 328 g/mol. The lowest BCUT2D eigenvalue weighted by Crippen LogP contribution is -2.34. The van der Waals surface area contributed by atoms with Crippen molar-refractivity contribution in [3.8, 4) is 0 Å². The molecule has 0 saturated heterocycles. The van der Waals surface area contributed by atoms with Gasteiger partial charge in [-0.2, -0.15) is 0 Å². The van der Waals surface area contributed by atoms with E-state index in [9.17, 15) is 23.5 Å². The molecular formula is C19H19F2NO3. The van der Waals surface area contributed by atoms with Crippen LogP contribution in [0.2, 0.25) is 0 Å². The molecule has 2 N–H and O–H groups in total. The minimum atomic E-state index is -2.82. The zero-order chi connectivity index (χ0) is 18.0. The number of hydrogen-bond donors (Lipinski definition) is 2. The number of carbonyl (C=O) groups excluding carboxylic acids is 1. The molecule has 25 heavy (non-hydrogen) atoms. The smallest absolute Gasteiger partial charge is 0.305 e. The van der Waals surface area contributed by atoms with Gasteiger partial charge in [0.25, 0.3) is 0 Å². The average Bonchev–Trinajstić information content (AvgIpc) is 2.93. The highest BCUT2D eigenvalue weighted by Crippen LogP contribution is 2.39. The maximum absolute atomic E-state index is 13.4. The van der Waals surface area contributed by atoms with Gasteiger partial charge in [-0.05, 0) is 22.8 Å². The fraction of sp³-hybridized carbons (Fsp3) is 0.368. The summed E-state index contributed by atoms with van der Waals surface area (Å²) in [6.07, 6.45) is -0.964. The SMILES string of the molecule is O=C(O)C[C@@H](NC(=O)C1CCC(F)(F)C1)c1cccc2ccccc12. The van der Waals surface area contributed by atoms with E-state index in [2.05, 4.69) is 5.32 Å². The van der Waals surface area contributed by atoms with Crippen molar-refractivity contribution >= 4 is 22.6 Å². The molecule has 0 bridgehead atoms. The molecule has 0 radical (unpaired) electrons. The Morgan fingerprint density at radius 3 is 2.60 bits per heavy atom. The number of hydrogen-bond acceptors (Lipinski definition) is 2. The number of carboxylic acid groups (broad SMARTS) is 1. The summed E-state index contributed by atoms with van der Waals surface area (Å²) in [6, 6.07) is 12.2. The summed E-state index contributed by atoms with van der Waals surface area (Å²) in [5.41, 5.74) is 0.679. The first-order chi connectivity index (χ1) is 11.9. The minimum absolute atomic E-state index is 0.119. The molecule has 3 rings (SSSR count). The van der Waals surface area contributed by atoms with Crippen molar-refractivity contribution in [2.24, 2.45) is 5.92 Å². The molecule has 4 nitrogen and oxygen atoms in total. The molecule has 1 unspecified atom stereocenters. The normalized spacial score (nSPS) is 20.3. The minimum Gasteiger partial charge on any atom is -0.481 e. The van der Waals surface area contributed by atoms with Gasteiger partial charge < -0.3 is 10.4 Å². The largest absolute Gasteiger partial charge is 0.481 e. The molecule has 2 atom stereocenters. The van der Waals surface area contributed by atoms with Crippen molar-refractivity contribution in [1.29, 1.82) is 0 Å². The highest BCUT2D eigenvalue weighted by atomic mass is 19.3. The van der Waals surface area contributed by atoms with Gasteiger partial charge in [0.15, 0.2) is 0 Å². The Hall–Kier alpha value is -2.50. The van der Waals surface area contributed by atoms with E-state index < -0.39 is 36.2 Å². The van der Waals surface area contributed by atoms with E-state index in [-0.39, 0.29) is 19.3 Å². The number of alkyl halides is 2. The zero-order valence-corrected chi connectivity index (χ0v) is 13.5. The van der Waals surface area contributed by atoms with E-state index in [1.54, 1.807) is 12.1 Å². The van der Waals surface area contributed by atoms with Crippen molar-refractivity contribution in [1.82, 2.24) is 5.32 Å². The fourth-order valence-corrected chi connectivity index (χ4v) is 3.43. The van der Waals surface area contributed by atoms with Crippen LogP contribution in [0.4, 0.5) is 8.78 Å². The maximum Gasteiger partial charge on any atom is 0.305 e. The lowest BCUT2D eigenvalue weighted by molar-refractivity contribution is -0.138. The van der Waals surface area contributed by atoms with Gasteiger partial charge in [0.1, 0.15) is 0 Å². The zero-order valence-electron chi connectivity index (χ0n) is 13.5. The summed E-state index contributed by atoms with van der Waals surface area (Å²) in [6.45, 7) is 0. The molecule has 0 heterocycles. The van der Waals surface area contributed by atoms with Crippen molar-refractivity contribution in [3.05, 3.63) is 48.0 Å². The van der Waals surface area contributed by atoms with Gasteiger partial charge in [0.05, 0.1) is 12.5 Å². The summed E-state index contributed by atoms with van der Waals surface area (Å²) >= 11 is 0. The monoisotopic (exact) mass is 347 g/mol. The Bertz CT molecular complexity index is 801. The van der Waals surface area contributed by atoms with Crippen molar-refractivity contribution in [2.75, 3.05) is 0 Å². The van der Waals surface area contributed by atoms with Crippen LogP contribution in [0.1, 0.15) is 37.3 Å². The molecule has 2 aromatic carbocycles. The third-order valence-corrected chi connectivity index (χ3v) is 4.67. The van der Waals surface area contributed by atoms with Crippen LogP contribution in [0.15, 0.2) is 42.5 Å². The molecule has 0 aromatic heterocycles. The second kappa shape index (κ2) is 6.78. The second-order valence-corrected chi connectivity index (χ2v) is 6.52. The van der Waals surface area contributed by atoms with Gasteiger partial charge >= 0.3 is 5.97 Å². The first kappa shape index (κ1) is 17.3. The Balaban J connectivity index is 1.87. The Morgan fingerprint density at radius 1 is 1.20 bits per heavy atom. The van der Waals surface area contributed by atoms with Gasteiger partial charge in [-0.15, -0.1) is 0 Å². The third-order valence-electron chi connectivity index (χ3n) is 4.67. The first-order valence-electron chi connectivity index (χ1n) is 8.23. The van der Waals surface area contributed by atoms with Crippen LogP contribution in [-0.4, -0.2) is 22.9 Å². The van der Waals surface area contributed by atoms with E-state index in [0.29, 0.717) is 5.56 Å². The van der Waals surface area contributed by atoms with Crippen LogP contribution in [0.3, 0.4) is 0 Å². The van der Waals surface area contributed by atoms with E-state index in [4.69, 9.17) is 0 Å². The van der Waals surface area contributed by atoms with E-state index in [0.717, 1.165) is 10.8 Å². The van der Waals surface area contributed by atoms with Crippen LogP contribution in [0.5, 0.6) is 0 Å². The molecule has 6 heteroatoms. The number of benzene rings is 2. The maximum atomic E-state index is 13.4. The van der Waals surface area contributed by atoms with Crippen LogP contribution < -0.4 is 5.32 Å². The topological polar surface area (TPSA) is 66.4 Å². The van der Waals surface area contributed by atoms with Gasteiger partial charge in [-0.3, -0.25) is 9.59 Å². The highest BCUT2D eigenvalue weighted by Gasteiger charge is 2.42. The Labute approximate surface area is 143 Å². The third kappa shape index (κ3) is 3.95. The number of nitrogens with one attached hydrogen (secondary N) is 1. The van der Waals surface area contributed by atoms with Gasteiger partial charge in [-0.1, -0.05) is 42.5 Å². The van der Waals surface area contributed by atoms with Crippen molar-refractivity contribution < 1.29 is 23.5 Å². The lowest BCUT2D eigenvalue weighted by atomic mass is 9.95. The number of aliphatic carboxylic acids is 1. The van der Waals surface area contributed by atoms with E-state index >= 15 is 0 Å². The predicted octanol–water partition coefficient (Wildman–Crippen LogP) is 3.91. The van der Waals surface area contributed by atoms with E-state index in [1.165, 1.54) is 0 Å². The molecule has 0 aliphatic heterocycles. The van der Waals surface area contributed by atoms with Crippen LogP contribution in [0.25, 0.3) is 10.8 Å². The predicted molar refractivity (Wildman–Crippen MR) is 89.4 cm³/mol. The summed E-state index contributed by atoms with van der Waals surface area (Å²) in [5, 5.41) is 13.7. The Kier molecular flexibility index (Phi) is 4.70. The molecule has 2 aromatic rings. The average molecular weight is 347 g/mol.